The Balaban J connectivity index is 2.39. The molecule has 0 aromatic carbocycles. The number of hydrogen-bond donors (Lipinski definition) is 0. The average Bonchev–Trinajstić information content (AvgIpc) is 1.91. The second-order valence-electron chi connectivity index (χ2n) is 4.94. The van der Waals surface area contributed by atoms with Gasteiger partial charge in [0.15, 0.2) is 7.38 Å². The van der Waals surface area contributed by atoms with Crippen molar-refractivity contribution in [1.82, 2.24) is 0 Å². The predicted octanol–water partition coefficient (Wildman–Crippen LogP) is 4.26. The average molecular weight is 205 g/mol. The molecule has 12 heavy (non-hydrogen) atoms. The van der Waals surface area contributed by atoms with Crippen molar-refractivity contribution >= 4 is 18.5 Å². The SMILES string of the molecule is CC1CCCCC1C[Si](C)(C)Cl. The minimum atomic E-state index is -1.31. The van der Waals surface area contributed by atoms with Gasteiger partial charge < -0.3 is 0 Å². The van der Waals surface area contributed by atoms with E-state index >= 15 is 0 Å². The Bertz CT molecular complexity index is 139. The van der Waals surface area contributed by atoms with Crippen LogP contribution in [0.5, 0.6) is 0 Å². The lowest BCUT2D eigenvalue weighted by atomic mass is 9.82. The Labute approximate surface area is 82.4 Å². The lowest BCUT2D eigenvalue weighted by molar-refractivity contribution is 0.275. The molecule has 0 aromatic rings. The zero-order valence-electron chi connectivity index (χ0n) is 8.57. The Hall–Kier alpha value is 0.507. The summed E-state index contributed by atoms with van der Waals surface area (Å²) in [5.74, 6) is 1.88. The van der Waals surface area contributed by atoms with Crippen molar-refractivity contribution in [3.05, 3.63) is 0 Å². The highest BCUT2D eigenvalue weighted by atomic mass is 35.6. The molecule has 0 heterocycles. The topological polar surface area (TPSA) is 0 Å². The standard InChI is InChI=1S/C10H21ClSi/c1-9-6-4-5-7-10(9)8-12(2,3)11/h9-10H,4-8H2,1-3H3. The van der Waals surface area contributed by atoms with Gasteiger partial charge in [0, 0.05) is 0 Å². The molecule has 1 aliphatic carbocycles. The lowest BCUT2D eigenvalue weighted by Gasteiger charge is -2.31. The normalized spacial score (nSPS) is 32.0. The molecule has 2 unspecified atom stereocenters. The van der Waals surface area contributed by atoms with Gasteiger partial charge in [-0.3, -0.25) is 0 Å². The van der Waals surface area contributed by atoms with Gasteiger partial charge >= 0.3 is 0 Å². The molecule has 0 aromatic heterocycles. The Morgan fingerprint density at radius 3 is 2.33 bits per heavy atom. The van der Waals surface area contributed by atoms with Crippen LogP contribution in [0.3, 0.4) is 0 Å². The molecular weight excluding hydrogens is 184 g/mol. The Morgan fingerprint density at radius 1 is 1.25 bits per heavy atom. The van der Waals surface area contributed by atoms with E-state index in [1.54, 1.807) is 0 Å². The molecule has 1 aliphatic rings. The van der Waals surface area contributed by atoms with Crippen LogP contribution in [0.15, 0.2) is 0 Å². The van der Waals surface area contributed by atoms with Crippen LogP contribution in [0.25, 0.3) is 0 Å². The van der Waals surface area contributed by atoms with E-state index in [0.29, 0.717) is 0 Å². The molecule has 0 radical (unpaired) electrons. The van der Waals surface area contributed by atoms with E-state index in [2.05, 4.69) is 20.0 Å². The van der Waals surface area contributed by atoms with Crippen molar-refractivity contribution in [2.24, 2.45) is 11.8 Å². The summed E-state index contributed by atoms with van der Waals surface area (Å²) in [6, 6.07) is 1.33. The maximum absolute atomic E-state index is 6.37. The molecule has 0 bridgehead atoms. The van der Waals surface area contributed by atoms with Crippen LogP contribution in [0.4, 0.5) is 0 Å². The first-order valence-corrected chi connectivity index (χ1v) is 9.40. The minimum Gasteiger partial charge on any atom is -0.168 e. The molecule has 0 N–H and O–H groups in total. The van der Waals surface area contributed by atoms with Gasteiger partial charge in [0.05, 0.1) is 0 Å². The van der Waals surface area contributed by atoms with Gasteiger partial charge in [0.2, 0.25) is 0 Å². The largest absolute Gasteiger partial charge is 0.168 e. The van der Waals surface area contributed by atoms with Crippen LogP contribution in [-0.2, 0) is 0 Å². The van der Waals surface area contributed by atoms with Crippen molar-refractivity contribution in [2.45, 2.75) is 51.7 Å². The van der Waals surface area contributed by atoms with E-state index < -0.39 is 7.38 Å². The third-order valence-corrected chi connectivity index (χ3v) is 4.99. The maximum Gasteiger partial charge on any atom is 0.150 e. The lowest BCUT2D eigenvalue weighted by Crippen LogP contribution is -2.26. The summed E-state index contributed by atoms with van der Waals surface area (Å²) >= 11 is 6.37. The zero-order valence-corrected chi connectivity index (χ0v) is 10.3. The van der Waals surface area contributed by atoms with Gasteiger partial charge in [0.1, 0.15) is 0 Å². The highest BCUT2D eigenvalue weighted by Crippen LogP contribution is 2.36. The van der Waals surface area contributed by atoms with E-state index in [9.17, 15) is 0 Å². The summed E-state index contributed by atoms with van der Waals surface area (Å²) in [5, 5.41) is 0. The third-order valence-electron chi connectivity index (χ3n) is 3.04. The molecule has 0 nitrogen and oxygen atoms in total. The second-order valence-corrected chi connectivity index (χ2v) is 11.9. The van der Waals surface area contributed by atoms with E-state index in [0.717, 1.165) is 11.8 Å². The van der Waals surface area contributed by atoms with E-state index in [4.69, 9.17) is 11.1 Å². The summed E-state index contributed by atoms with van der Waals surface area (Å²) in [6.45, 7) is 6.95. The van der Waals surface area contributed by atoms with E-state index in [-0.39, 0.29) is 0 Å². The van der Waals surface area contributed by atoms with E-state index in [1.807, 2.05) is 0 Å². The summed E-state index contributed by atoms with van der Waals surface area (Å²) in [5.41, 5.74) is 0. The molecule has 1 fully saturated rings. The monoisotopic (exact) mass is 204 g/mol. The molecule has 0 aliphatic heterocycles. The predicted molar refractivity (Wildman–Crippen MR) is 59.3 cm³/mol. The molecule has 0 amide bonds. The molecule has 1 saturated carbocycles. The molecule has 2 heteroatoms. The molecule has 1 rings (SSSR count). The Kier molecular flexibility index (Phi) is 3.66. The fourth-order valence-corrected chi connectivity index (χ4v) is 4.77. The first-order valence-electron chi connectivity index (χ1n) is 5.18. The highest BCUT2D eigenvalue weighted by molar-refractivity contribution is 7.19. The quantitative estimate of drug-likeness (QED) is 0.466. The van der Waals surface area contributed by atoms with Gasteiger partial charge in [-0.15, -0.1) is 0 Å². The number of rotatable bonds is 2. The fourth-order valence-electron chi connectivity index (χ4n) is 2.32. The van der Waals surface area contributed by atoms with Crippen LogP contribution < -0.4 is 0 Å². The van der Waals surface area contributed by atoms with Gasteiger partial charge in [-0.25, -0.2) is 0 Å². The maximum atomic E-state index is 6.37. The summed E-state index contributed by atoms with van der Waals surface area (Å²) in [4.78, 5) is 0. The van der Waals surface area contributed by atoms with Crippen molar-refractivity contribution in [3.8, 4) is 0 Å². The van der Waals surface area contributed by atoms with E-state index in [1.165, 1.54) is 31.7 Å². The number of hydrogen-bond acceptors (Lipinski definition) is 0. The minimum absolute atomic E-state index is 0.935. The first-order chi connectivity index (χ1) is 5.49. The van der Waals surface area contributed by atoms with Crippen molar-refractivity contribution in [2.75, 3.05) is 0 Å². The molecule has 0 spiro atoms. The van der Waals surface area contributed by atoms with Crippen molar-refractivity contribution < 1.29 is 0 Å². The zero-order chi connectivity index (χ0) is 9.19. The molecule has 0 saturated heterocycles. The van der Waals surface area contributed by atoms with Crippen LogP contribution in [0.2, 0.25) is 19.1 Å². The van der Waals surface area contributed by atoms with Gasteiger partial charge in [-0.1, -0.05) is 45.7 Å². The van der Waals surface area contributed by atoms with Crippen molar-refractivity contribution in [1.29, 1.82) is 0 Å². The van der Waals surface area contributed by atoms with Crippen LogP contribution in [-0.4, -0.2) is 7.38 Å². The van der Waals surface area contributed by atoms with Crippen molar-refractivity contribution in [3.63, 3.8) is 0 Å². The molecular formula is C10H21ClSi. The molecule has 72 valence electrons. The van der Waals surface area contributed by atoms with Crippen LogP contribution >= 0.6 is 11.1 Å². The molecule has 2 atom stereocenters. The van der Waals surface area contributed by atoms with Gasteiger partial charge in [0.25, 0.3) is 0 Å². The van der Waals surface area contributed by atoms with Gasteiger partial charge in [-0.2, -0.15) is 11.1 Å². The number of halogens is 1. The van der Waals surface area contributed by atoms with Gasteiger partial charge in [-0.05, 0) is 17.9 Å². The first kappa shape index (κ1) is 10.6. The fraction of sp³-hybridized carbons (Fsp3) is 1.00. The Morgan fingerprint density at radius 2 is 1.83 bits per heavy atom. The summed E-state index contributed by atoms with van der Waals surface area (Å²) in [7, 11) is -1.31. The second kappa shape index (κ2) is 4.14. The smallest absolute Gasteiger partial charge is 0.150 e. The van der Waals surface area contributed by atoms with Crippen LogP contribution in [0, 0.1) is 11.8 Å². The summed E-state index contributed by atoms with van der Waals surface area (Å²) < 4.78 is 0. The highest BCUT2D eigenvalue weighted by Gasteiger charge is 2.28. The summed E-state index contributed by atoms with van der Waals surface area (Å²) in [6.07, 6.45) is 5.76. The third kappa shape index (κ3) is 3.49. The van der Waals surface area contributed by atoms with Crippen LogP contribution in [0.1, 0.15) is 32.6 Å².